The molecule has 0 atom stereocenters. The number of allylic oxidation sites excluding steroid dienone is 1. The third-order valence-corrected chi connectivity index (χ3v) is 4.51. The van der Waals surface area contributed by atoms with Crippen molar-refractivity contribution in [3.8, 4) is 11.4 Å². The van der Waals surface area contributed by atoms with Crippen molar-refractivity contribution in [1.82, 2.24) is 9.55 Å². The van der Waals surface area contributed by atoms with Gasteiger partial charge in [-0.15, -0.1) is 6.58 Å². The molecule has 0 N–H and O–H groups in total. The molecule has 0 radical (unpaired) electrons. The van der Waals surface area contributed by atoms with Crippen LogP contribution in [-0.2, 0) is 6.42 Å². The van der Waals surface area contributed by atoms with Crippen molar-refractivity contribution in [3.63, 3.8) is 0 Å². The summed E-state index contributed by atoms with van der Waals surface area (Å²) in [5, 5.41) is 0.572. The van der Waals surface area contributed by atoms with E-state index in [-0.39, 0.29) is 5.56 Å². The van der Waals surface area contributed by atoms with E-state index in [0.717, 1.165) is 21.5 Å². The van der Waals surface area contributed by atoms with E-state index in [9.17, 15) is 4.79 Å². The molecule has 4 nitrogen and oxygen atoms in total. The summed E-state index contributed by atoms with van der Waals surface area (Å²) in [5.74, 6) is 1.39. The van der Waals surface area contributed by atoms with Gasteiger partial charge < -0.3 is 4.74 Å². The maximum absolute atomic E-state index is 13.1. The van der Waals surface area contributed by atoms with Crippen LogP contribution in [0.3, 0.4) is 0 Å². The summed E-state index contributed by atoms with van der Waals surface area (Å²) in [5.41, 5.74) is 2.30. The average molecular weight is 411 g/mol. The molecule has 0 aliphatic heterocycles. The topological polar surface area (TPSA) is 44.1 Å². The molecule has 5 heteroatoms. The highest BCUT2D eigenvalue weighted by molar-refractivity contribution is 9.10. The molecule has 26 heavy (non-hydrogen) atoms. The normalized spacial score (nSPS) is 10.7. The lowest BCUT2D eigenvalue weighted by Gasteiger charge is -2.15. The Morgan fingerprint density at radius 1 is 1.19 bits per heavy atom. The van der Waals surface area contributed by atoms with Gasteiger partial charge in [0.05, 0.1) is 16.6 Å². The SMILES string of the molecule is C=CCOc1ccc(-n2c(C)nc3ccc(Br)cc3c2=O)cc1CC=C. The molecule has 132 valence electrons. The standard InChI is InChI=1S/C21H19BrN2O2/c1-4-6-15-12-17(8-10-20(15)26-11-5-2)24-14(3)23-19-9-7-16(22)13-18(19)21(24)25/h4-5,7-10,12-13H,1-2,6,11H2,3H3. The minimum absolute atomic E-state index is 0.0990. The van der Waals surface area contributed by atoms with Crippen LogP contribution in [0.4, 0.5) is 0 Å². The first-order valence-electron chi connectivity index (χ1n) is 8.22. The van der Waals surface area contributed by atoms with Gasteiger partial charge in [0.15, 0.2) is 0 Å². The monoisotopic (exact) mass is 410 g/mol. The fourth-order valence-corrected chi connectivity index (χ4v) is 3.24. The summed E-state index contributed by atoms with van der Waals surface area (Å²) in [6.45, 7) is 9.73. The lowest BCUT2D eigenvalue weighted by atomic mass is 10.1. The van der Waals surface area contributed by atoms with Crippen LogP contribution in [0.25, 0.3) is 16.6 Å². The van der Waals surface area contributed by atoms with Gasteiger partial charge in [0.2, 0.25) is 0 Å². The van der Waals surface area contributed by atoms with Crippen molar-refractivity contribution >= 4 is 26.8 Å². The number of fused-ring (bicyclic) bond motifs is 1. The lowest BCUT2D eigenvalue weighted by molar-refractivity contribution is 0.360. The molecular formula is C21H19BrN2O2. The molecule has 1 heterocycles. The van der Waals surface area contributed by atoms with Gasteiger partial charge in [-0.3, -0.25) is 9.36 Å². The first kappa shape index (κ1) is 18.1. The van der Waals surface area contributed by atoms with E-state index in [1.54, 1.807) is 16.7 Å². The molecule has 1 aromatic heterocycles. The molecular weight excluding hydrogens is 392 g/mol. The zero-order chi connectivity index (χ0) is 18.7. The smallest absolute Gasteiger partial charge is 0.265 e. The molecule has 2 aromatic carbocycles. The van der Waals surface area contributed by atoms with Crippen LogP contribution < -0.4 is 10.3 Å². The molecule has 0 spiro atoms. The van der Waals surface area contributed by atoms with Crippen LogP contribution in [0.1, 0.15) is 11.4 Å². The van der Waals surface area contributed by atoms with Crippen LogP contribution in [0.2, 0.25) is 0 Å². The lowest BCUT2D eigenvalue weighted by Crippen LogP contribution is -2.22. The number of aromatic nitrogens is 2. The summed E-state index contributed by atoms with van der Waals surface area (Å²) in [6.07, 6.45) is 4.15. The van der Waals surface area contributed by atoms with E-state index in [1.165, 1.54) is 0 Å². The van der Waals surface area contributed by atoms with E-state index in [4.69, 9.17) is 4.74 Å². The number of ether oxygens (including phenoxy) is 1. The van der Waals surface area contributed by atoms with Gasteiger partial charge in [0.1, 0.15) is 18.2 Å². The molecule has 3 aromatic rings. The predicted molar refractivity (Wildman–Crippen MR) is 109 cm³/mol. The Balaban J connectivity index is 2.19. The van der Waals surface area contributed by atoms with Gasteiger partial charge in [-0.05, 0) is 55.3 Å². The maximum Gasteiger partial charge on any atom is 0.265 e. The highest BCUT2D eigenvalue weighted by Gasteiger charge is 2.12. The Morgan fingerprint density at radius 3 is 2.73 bits per heavy atom. The van der Waals surface area contributed by atoms with Crippen LogP contribution in [0, 0.1) is 6.92 Å². The van der Waals surface area contributed by atoms with Gasteiger partial charge in [-0.2, -0.15) is 0 Å². The van der Waals surface area contributed by atoms with Crippen molar-refractivity contribution in [2.75, 3.05) is 6.61 Å². The Hall–Kier alpha value is -2.66. The van der Waals surface area contributed by atoms with Gasteiger partial charge >= 0.3 is 0 Å². The van der Waals surface area contributed by atoms with Gasteiger partial charge in [-0.1, -0.05) is 34.7 Å². The summed E-state index contributed by atoms with van der Waals surface area (Å²) in [7, 11) is 0. The van der Waals surface area contributed by atoms with Crippen molar-refractivity contribution in [3.05, 3.63) is 87.9 Å². The number of nitrogens with zero attached hydrogens (tertiary/aromatic N) is 2. The number of hydrogen-bond donors (Lipinski definition) is 0. The molecule has 0 aliphatic rings. The summed E-state index contributed by atoms with van der Waals surface area (Å²) in [6, 6.07) is 11.2. The highest BCUT2D eigenvalue weighted by Crippen LogP contribution is 2.24. The third-order valence-electron chi connectivity index (χ3n) is 4.02. The third kappa shape index (κ3) is 3.48. The highest BCUT2D eigenvalue weighted by atomic mass is 79.9. The fraction of sp³-hybridized carbons (Fsp3) is 0.143. The molecule has 0 aliphatic carbocycles. The summed E-state index contributed by atoms with van der Waals surface area (Å²) >= 11 is 3.42. The van der Waals surface area contributed by atoms with Crippen LogP contribution >= 0.6 is 15.9 Å². The Morgan fingerprint density at radius 2 is 2.00 bits per heavy atom. The Kier molecular flexibility index (Phi) is 5.38. The summed E-state index contributed by atoms with van der Waals surface area (Å²) in [4.78, 5) is 17.6. The molecule has 0 amide bonds. The van der Waals surface area contributed by atoms with Gasteiger partial charge in [-0.25, -0.2) is 4.98 Å². The molecule has 0 fully saturated rings. The van der Waals surface area contributed by atoms with Crippen molar-refractivity contribution < 1.29 is 4.74 Å². The van der Waals surface area contributed by atoms with Crippen molar-refractivity contribution in [2.24, 2.45) is 0 Å². The van der Waals surface area contributed by atoms with E-state index >= 15 is 0 Å². The quantitative estimate of drug-likeness (QED) is 0.550. The molecule has 0 bridgehead atoms. The second-order valence-corrected chi connectivity index (χ2v) is 6.76. The number of benzene rings is 2. The van der Waals surface area contributed by atoms with E-state index in [1.807, 2.05) is 43.3 Å². The Bertz CT molecular complexity index is 1050. The molecule has 0 saturated heterocycles. The minimum atomic E-state index is -0.0990. The Labute approximate surface area is 160 Å². The van der Waals surface area contributed by atoms with Crippen molar-refractivity contribution in [2.45, 2.75) is 13.3 Å². The molecule has 0 saturated carbocycles. The zero-order valence-corrected chi connectivity index (χ0v) is 16.1. The van der Waals surface area contributed by atoms with E-state index in [0.29, 0.717) is 29.8 Å². The first-order chi connectivity index (χ1) is 12.5. The number of aryl methyl sites for hydroxylation is 1. The second kappa shape index (κ2) is 7.70. The second-order valence-electron chi connectivity index (χ2n) is 5.85. The average Bonchev–Trinajstić information content (AvgIpc) is 2.62. The zero-order valence-electron chi connectivity index (χ0n) is 14.5. The van der Waals surface area contributed by atoms with E-state index < -0.39 is 0 Å². The first-order valence-corrected chi connectivity index (χ1v) is 9.01. The number of rotatable bonds is 6. The fourth-order valence-electron chi connectivity index (χ4n) is 2.88. The van der Waals surface area contributed by atoms with Gasteiger partial charge in [0, 0.05) is 4.47 Å². The maximum atomic E-state index is 13.1. The molecule has 3 rings (SSSR count). The number of halogens is 1. The predicted octanol–water partition coefficient (Wildman–Crippen LogP) is 4.75. The molecule has 0 unspecified atom stereocenters. The largest absolute Gasteiger partial charge is 0.489 e. The van der Waals surface area contributed by atoms with Crippen LogP contribution in [0.5, 0.6) is 5.75 Å². The van der Waals surface area contributed by atoms with E-state index in [2.05, 4.69) is 34.1 Å². The summed E-state index contributed by atoms with van der Waals surface area (Å²) < 4.78 is 8.17. The minimum Gasteiger partial charge on any atom is -0.489 e. The van der Waals surface area contributed by atoms with Crippen LogP contribution in [0.15, 0.2) is 71.0 Å². The van der Waals surface area contributed by atoms with Gasteiger partial charge in [0.25, 0.3) is 5.56 Å². The number of hydrogen-bond acceptors (Lipinski definition) is 3. The van der Waals surface area contributed by atoms with Crippen molar-refractivity contribution in [1.29, 1.82) is 0 Å². The van der Waals surface area contributed by atoms with Crippen LogP contribution in [-0.4, -0.2) is 16.2 Å².